The minimum atomic E-state index is -3.48. The largest absolute Gasteiger partial charge is 0.481 e. The number of aliphatic carboxylic acids is 1. The smallest absolute Gasteiger partial charge is 0.303 e. The molecule has 2 N–H and O–H groups in total. The first-order valence-corrected chi connectivity index (χ1v) is 8.16. The molecule has 0 heterocycles. The van der Waals surface area contributed by atoms with E-state index in [-0.39, 0.29) is 11.3 Å². The van der Waals surface area contributed by atoms with E-state index in [4.69, 9.17) is 5.11 Å². The van der Waals surface area contributed by atoms with Gasteiger partial charge in [-0.2, -0.15) is 0 Å². The second-order valence-corrected chi connectivity index (χ2v) is 6.74. The van der Waals surface area contributed by atoms with E-state index >= 15 is 0 Å². The summed E-state index contributed by atoms with van der Waals surface area (Å²) in [5.74, 6) is -0.824. The summed E-state index contributed by atoms with van der Waals surface area (Å²) in [7, 11) is -3.48. The van der Waals surface area contributed by atoms with Crippen molar-refractivity contribution in [2.24, 2.45) is 0 Å². The number of sulfonamides is 1. The molecule has 1 aromatic rings. The fourth-order valence-corrected chi connectivity index (χ4v) is 3.17. The van der Waals surface area contributed by atoms with Crippen LogP contribution in [0.3, 0.4) is 0 Å². The first-order valence-electron chi connectivity index (χ1n) is 5.89. The molecule has 0 aliphatic heterocycles. The van der Waals surface area contributed by atoms with E-state index in [9.17, 15) is 13.2 Å². The van der Waals surface area contributed by atoms with Gasteiger partial charge in [-0.25, -0.2) is 13.1 Å². The standard InChI is InChI=1S/C12H16BrNO4S/c13-10-5-4-6-11(9-10)19(17,18)14-8-3-1-2-7-12(15)16/h4-6,9,14H,1-3,7-8H2,(H,15,16). The molecular weight excluding hydrogens is 334 g/mol. The SMILES string of the molecule is O=C(O)CCCCCNS(=O)(=O)c1cccc(Br)c1. The molecule has 0 aliphatic carbocycles. The minimum Gasteiger partial charge on any atom is -0.481 e. The topological polar surface area (TPSA) is 83.5 Å². The summed E-state index contributed by atoms with van der Waals surface area (Å²) < 4.78 is 27.0. The van der Waals surface area contributed by atoms with Crippen molar-refractivity contribution in [2.75, 3.05) is 6.54 Å². The number of carboxylic acids is 1. The highest BCUT2D eigenvalue weighted by molar-refractivity contribution is 9.10. The molecule has 0 atom stereocenters. The van der Waals surface area contributed by atoms with Gasteiger partial charge >= 0.3 is 5.97 Å². The van der Waals surface area contributed by atoms with Gasteiger partial charge in [0, 0.05) is 17.4 Å². The lowest BCUT2D eigenvalue weighted by atomic mass is 10.2. The van der Waals surface area contributed by atoms with Gasteiger partial charge in [-0.3, -0.25) is 4.79 Å². The first-order chi connectivity index (χ1) is 8.92. The number of nitrogens with one attached hydrogen (secondary N) is 1. The zero-order valence-electron chi connectivity index (χ0n) is 10.3. The van der Waals surface area contributed by atoms with Gasteiger partial charge in [0.05, 0.1) is 4.90 Å². The molecule has 0 radical (unpaired) electrons. The van der Waals surface area contributed by atoms with E-state index in [1.165, 1.54) is 12.1 Å². The summed E-state index contributed by atoms with van der Waals surface area (Å²) in [6, 6.07) is 6.47. The van der Waals surface area contributed by atoms with Gasteiger partial charge in [-0.15, -0.1) is 0 Å². The zero-order chi connectivity index (χ0) is 14.3. The van der Waals surface area contributed by atoms with E-state index in [2.05, 4.69) is 20.7 Å². The third-order valence-electron chi connectivity index (χ3n) is 2.47. The maximum atomic E-state index is 11.9. The van der Waals surface area contributed by atoms with Crippen molar-refractivity contribution in [3.05, 3.63) is 28.7 Å². The maximum Gasteiger partial charge on any atom is 0.303 e. The second kappa shape index (κ2) is 7.62. The Labute approximate surface area is 121 Å². The Morgan fingerprint density at radius 1 is 1.26 bits per heavy atom. The highest BCUT2D eigenvalue weighted by Crippen LogP contribution is 2.15. The molecule has 1 aromatic carbocycles. The highest BCUT2D eigenvalue weighted by atomic mass is 79.9. The lowest BCUT2D eigenvalue weighted by molar-refractivity contribution is -0.137. The van der Waals surface area contributed by atoms with Crippen LogP contribution in [-0.4, -0.2) is 26.0 Å². The number of unbranched alkanes of at least 4 members (excludes halogenated alkanes) is 2. The van der Waals surface area contributed by atoms with Crippen LogP contribution in [0.5, 0.6) is 0 Å². The monoisotopic (exact) mass is 349 g/mol. The lowest BCUT2D eigenvalue weighted by Crippen LogP contribution is -2.24. The van der Waals surface area contributed by atoms with Crippen LogP contribution in [0, 0.1) is 0 Å². The summed E-state index contributed by atoms with van der Waals surface area (Å²) >= 11 is 3.22. The fraction of sp³-hybridized carbons (Fsp3) is 0.417. The summed E-state index contributed by atoms with van der Waals surface area (Å²) in [5, 5.41) is 8.46. The maximum absolute atomic E-state index is 11.9. The fourth-order valence-electron chi connectivity index (χ4n) is 1.50. The molecule has 0 spiro atoms. The molecule has 0 fully saturated rings. The van der Waals surface area contributed by atoms with Crippen LogP contribution >= 0.6 is 15.9 Å². The predicted octanol–water partition coefficient (Wildman–Crippen LogP) is 2.37. The first kappa shape index (κ1) is 16.1. The number of hydrogen-bond donors (Lipinski definition) is 2. The third kappa shape index (κ3) is 6.17. The van der Waals surface area contributed by atoms with Gasteiger partial charge < -0.3 is 5.11 Å². The molecule has 1 rings (SSSR count). The van der Waals surface area contributed by atoms with Crippen molar-refractivity contribution in [2.45, 2.75) is 30.6 Å². The van der Waals surface area contributed by atoms with Crippen LogP contribution in [0.4, 0.5) is 0 Å². The number of hydrogen-bond acceptors (Lipinski definition) is 3. The highest BCUT2D eigenvalue weighted by Gasteiger charge is 2.12. The molecule has 106 valence electrons. The molecule has 0 unspecified atom stereocenters. The van der Waals surface area contributed by atoms with Gasteiger partial charge in [-0.05, 0) is 31.0 Å². The minimum absolute atomic E-state index is 0.123. The molecule has 0 aliphatic rings. The second-order valence-electron chi connectivity index (χ2n) is 4.06. The van der Waals surface area contributed by atoms with Crippen molar-refractivity contribution < 1.29 is 18.3 Å². The average Bonchev–Trinajstić information content (AvgIpc) is 2.33. The van der Waals surface area contributed by atoms with E-state index in [1.807, 2.05) is 0 Å². The van der Waals surface area contributed by atoms with Crippen molar-refractivity contribution in [1.29, 1.82) is 0 Å². The van der Waals surface area contributed by atoms with E-state index in [0.29, 0.717) is 30.3 Å². The molecule has 7 heteroatoms. The predicted molar refractivity (Wildman–Crippen MR) is 75.4 cm³/mol. The number of halogens is 1. The quantitative estimate of drug-likeness (QED) is 0.705. The summed E-state index contributed by atoms with van der Waals surface area (Å²) in [6.07, 6.45) is 2.00. The Kier molecular flexibility index (Phi) is 6.47. The number of benzene rings is 1. The molecular formula is C12H16BrNO4S. The van der Waals surface area contributed by atoms with E-state index in [0.717, 1.165) is 0 Å². The summed E-state index contributed by atoms with van der Waals surface area (Å²) in [4.78, 5) is 10.5. The van der Waals surface area contributed by atoms with Crippen molar-refractivity contribution in [3.8, 4) is 0 Å². The molecule has 0 aromatic heterocycles. The molecule has 0 amide bonds. The number of carboxylic acid groups (broad SMARTS) is 1. The average molecular weight is 350 g/mol. The van der Waals surface area contributed by atoms with Gasteiger partial charge in [0.1, 0.15) is 0 Å². The summed E-state index contributed by atoms with van der Waals surface area (Å²) in [6.45, 7) is 0.314. The van der Waals surface area contributed by atoms with E-state index in [1.54, 1.807) is 12.1 Å². The van der Waals surface area contributed by atoms with Crippen LogP contribution in [0.15, 0.2) is 33.6 Å². The Morgan fingerprint density at radius 3 is 2.63 bits per heavy atom. The van der Waals surface area contributed by atoms with Gasteiger partial charge in [0.2, 0.25) is 10.0 Å². The van der Waals surface area contributed by atoms with Gasteiger partial charge in [0.25, 0.3) is 0 Å². The Hall–Kier alpha value is -0.920. The van der Waals surface area contributed by atoms with Crippen LogP contribution < -0.4 is 4.72 Å². The van der Waals surface area contributed by atoms with Crippen molar-refractivity contribution in [3.63, 3.8) is 0 Å². The van der Waals surface area contributed by atoms with Crippen molar-refractivity contribution >= 4 is 31.9 Å². The normalized spacial score (nSPS) is 11.4. The third-order valence-corrected chi connectivity index (χ3v) is 4.42. The van der Waals surface area contributed by atoms with Crippen LogP contribution in [0.2, 0.25) is 0 Å². The van der Waals surface area contributed by atoms with Crippen molar-refractivity contribution in [1.82, 2.24) is 4.72 Å². The van der Waals surface area contributed by atoms with Crippen LogP contribution in [0.1, 0.15) is 25.7 Å². The molecule has 5 nitrogen and oxygen atoms in total. The lowest BCUT2D eigenvalue weighted by Gasteiger charge is -2.06. The molecule has 0 bridgehead atoms. The van der Waals surface area contributed by atoms with Crippen LogP contribution in [-0.2, 0) is 14.8 Å². The number of rotatable bonds is 8. The van der Waals surface area contributed by atoms with Gasteiger partial charge in [0.15, 0.2) is 0 Å². The van der Waals surface area contributed by atoms with Crippen LogP contribution in [0.25, 0.3) is 0 Å². The zero-order valence-corrected chi connectivity index (χ0v) is 12.7. The number of carbonyl (C=O) groups is 1. The van der Waals surface area contributed by atoms with E-state index < -0.39 is 16.0 Å². The Balaban J connectivity index is 2.38. The molecule has 19 heavy (non-hydrogen) atoms. The Bertz CT molecular complexity index is 530. The molecule has 0 saturated carbocycles. The summed E-state index contributed by atoms with van der Waals surface area (Å²) in [5.41, 5.74) is 0. The Morgan fingerprint density at radius 2 is 2.00 bits per heavy atom. The molecule has 0 saturated heterocycles. The van der Waals surface area contributed by atoms with Gasteiger partial charge in [-0.1, -0.05) is 28.4 Å².